The van der Waals surface area contributed by atoms with E-state index >= 15 is 0 Å². The first-order valence-electron chi connectivity index (χ1n) is 36.1. The van der Waals surface area contributed by atoms with Crippen LogP contribution in [0, 0.1) is 11.3 Å². The quantitative estimate of drug-likeness (QED) is 0.0252. The molecule has 9 amide bonds. The molecule has 9 N–H and O–H groups in total. The first-order valence-corrected chi connectivity index (χ1v) is 36.1. The van der Waals surface area contributed by atoms with Crippen LogP contribution in [0.1, 0.15) is 128 Å². The van der Waals surface area contributed by atoms with E-state index in [-0.39, 0.29) is 97.2 Å². The third-order valence-electron chi connectivity index (χ3n) is 20.5. The van der Waals surface area contributed by atoms with Gasteiger partial charge in [0.05, 0.1) is 98.7 Å². The van der Waals surface area contributed by atoms with Crippen molar-refractivity contribution in [3.63, 3.8) is 0 Å². The molecule has 6 aliphatic heterocycles. The van der Waals surface area contributed by atoms with Crippen LogP contribution < -0.4 is 71.6 Å². The molecule has 6 aromatic rings. The number of ether oxygens (including phenoxy) is 5. The maximum absolute atomic E-state index is 14.5. The first-order chi connectivity index (χ1) is 51.6. The summed E-state index contributed by atoms with van der Waals surface area (Å²) in [4.78, 5) is 129. The number of hydrogen-bond donors (Lipinski definition) is 9. The van der Waals surface area contributed by atoms with Crippen molar-refractivity contribution in [3.05, 3.63) is 173 Å². The summed E-state index contributed by atoms with van der Waals surface area (Å²) in [5.74, 6) is -3.23. The van der Waals surface area contributed by atoms with E-state index in [1.54, 1.807) is 64.9 Å². The Morgan fingerprint density at radius 1 is 0.682 bits per heavy atom. The Kier molecular flexibility index (Phi) is 21.7. The van der Waals surface area contributed by atoms with Crippen molar-refractivity contribution in [2.24, 2.45) is 11.3 Å². The number of nitrogens with one attached hydrogen (secondary N) is 8. The second-order valence-corrected chi connectivity index (χ2v) is 28.5. The Morgan fingerprint density at radius 2 is 1.36 bits per heavy atom. The molecule has 5 atom stereocenters. The van der Waals surface area contributed by atoms with Gasteiger partial charge in [-0.05, 0) is 110 Å². The Balaban J connectivity index is 0.568. The van der Waals surface area contributed by atoms with Gasteiger partial charge in [0.25, 0.3) is 11.8 Å². The van der Waals surface area contributed by atoms with Crippen LogP contribution in [0.4, 0.5) is 27.5 Å². The molecular formula is C79H89N13O15. The molecule has 0 aromatic heterocycles. The van der Waals surface area contributed by atoms with Crippen molar-refractivity contribution in [1.82, 2.24) is 47.0 Å². The fraction of sp³-hybridized carbons (Fsp3) is 0.380. The predicted molar refractivity (Wildman–Crippen MR) is 398 cm³/mol. The molecule has 0 bridgehead atoms. The lowest BCUT2D eigenvalue weighted by Crippen LogP contribution is -2.55. The summed E-state index contributed by atoms with van der Waals surface area (Å²) in [6, 6.07) is 35.4. The number of nitrogens with zero attached hydrogens (tertiary/aromatic N) is 5. The van der Waals surface area contributed by atoms with Crippen LogP contribution in [0.25, 0.3) is 17.0 Å². The van der Waals surface area contributed by atoms with Crippen molar-refractivity contribution in [2.75, 3.05) is 74.0 Å². The van der Waals surface area contributed by atoms with Gasteiger partial charge in [0.1, 0.15) is 18.7 Å². The third-order valence-corrected chi connectivity index (χ3v) is 20.5. The minimum absolute atomic E-state index is 0.0606. The van der Waals surface area contributed by atoms with Crippen LogP contribution in [-0.2, 0) is 46.7 Å². The number of methoxy groups -OCH3 is 2. The van der Waals surface area contributed by atoms with Crippen molar-refractivity contribution < 1.29 is 71.9 Å². The molecule has 2 fully saturated rings. The highest BCUT2D eigenvalue weighted by atomic mass is 16.6. The SMILES string of the molecule is COc1cc2c(cc1OCCCOc1cc3c(cc1OC)C(=O)N1CC4(CC4)C[C@H]1C(O)N3C(=O)OCc1ccc(NC(=O)[C@H](C)NC(=O)[C@@H](NC(=O)CNC(=O)CNC(=O)CCC(=O)N3Cc4ccccc4C4=C(NNN4C(C)C)c4ccccc43)C(C)C)cc1)NC[C@@H]1CC(c3ccccc3)=CN1C2=O. The molecule has 1 spiro atoms. The van der Waals surface area contributed by atoms with Crippen LogP contribution in [0.2, 0.25) is 0 Å². The van der Waals surface area contributed by atoms with Gasteiger partial charge in [0.2, 0.25) is 35.4 Å². The molecular weight excluding hydrogens is 1370 g/mol. The van der Waals surface area contributed by atoms with Crippen LogP contribution >= 0.6 is 0 Å². The van der Waals surface area contributed by atoms with Crippen LogP contribution in [-0.4, -0.2) is 163 Å². The molecule has 107 heavy (non-hydrogen) atoms. The van der Waals surface area contributed by atoms with Gasteiger partial charge in [-0.15, -0.1) is 5.53 Å². The second-order valence-electron chi connectivity index (χ2n) is 28.5. The van der Waals surface area contributed by atoms with Crippen molar-refractivity contribution in [1.29, 1.82) is 0 Å². The average molecular weight is 1460 g/mol. The molecule has 0 radical (unpaired) electrons. The normalized spacial score (nSPS) is 18.4. The summed E-state index contributed by atoms with van der Waals surface area (Å²) in [6.45, 7) is 9.22. The number of aliphatic hydroxyl groups is 1. The zero-order chi connectivity index (χ0) is 75.4. The summed E-state index contributed by atoms with van der Waals surface area (Å²) in [5.41, 5.74) is 15.8. The highest BCUT2D eigenvalue weighted by Crippen LogP contribution is 2.57. The number of aliphatic hydroxyl groups excluding tert-OH is 1. The van der Waals surface area contributed by atoms with E-state index in [1.807, 2.05) is 85.1 Å². The van der Waals surface area contributed by atoms with Gasteiger partial charge in [-0.1, -0.05) is 98.8 Å². The second kappa shape index (κ2) is 31.6. The van der Waals surface area contributed by atoms with Crippen LogP contribution in [0.5, 0.6) is 23.0 Å². The molecule has 1 unspecified atom stereocenters. The number of anilines is 4. The van der Waals surface area contributed by atoms with Crippen molar-refractivity contribution in [2.45, 2.75) is 129 Å². The molecule has 560 valence electrons. The fourth-order valence-electron chi connectivity index (χ4n) is 14.5. The Hall–Kier alpha value is -11.7. The van der Waals surface area contributed by atoms with Crippen LogP contribution in [0.15, 0.2) is 134 Å². The highest BCUT2D eigenvalue weighted by molar-refractivity contribution is 6.07. The number of rotatable bonds is 25. The standard InChI is InChI=1S/C79H89N13O15/c1-45(2)70(85-68(95)40-82-67(94)39-81-66(93)26-27-69(96)89-41-50-18-11-12-19-54(50)72-71(86-87-92(72)46(3)4)55-20-13-14-21-59(55)89)74(98)83-47(5)73(97)84-52-24-22-48(23-25-52)43-107-78(102)91-60-36-65(63(104-7)34-57(60)76(100)90-44-79(28-29-79)37-61(90)77(91)101)106-31-15-30-105-64-35-58-56(33-62(64)103-6)75(99)88-42-51(32-53(88)38-80-58)49-16-9-8-10-17-49/h8-14,16-25,33-36,42,45-47,53,61,70,77,80,86-87,101H,15,26-32,37-41,43-44H2,1-7H3,(H,81,93)(H,82,94)(H,83,98)(H,84,97)(H,85,95)/t47-,53-,61-,70-,77?/m0/s1. The number of hydrazine groups is 2. The number of hydrogen-bond acceptors (Lipinski definition) is 19. The number of amides is 9. The number of para-hydroxylation sites is 1. The number of benzene rings is 6. The molecule has 1 saturated carbocycles. The molecule has 1 aliphatic carbocycles. The van der Waals surface area contributed by atoms with E-state index < -0.39 is 79.0 Å². The third kappa shape index (κ3) is 15.8. The number of fused-ring (bicyclic) bond motifs is 8. The lowest BCUT2D eigenvalue weighted by molar-refractivity contribution is -0.132. The molecule has 28 nitrogen and oxygen atoms in total. The summed E-state index contributed by atoms with van der Waals surface area (Å²) < 4.78 is 29.9. The number of carbonyl (C=O) groups is 9. The largest absolute Gasteiger partial charge is 0.493 e. The highest BCUT2D eigenvalue weighted by Gasteiger charge is 2.58. The lowest BCUT2D eigenvalue weighted by atomic mass is 9.95. The topological polar surface area (TPSA) is 332 Å². The Bertz CT molecular complexity index is 4520. The summed E-state index contributed by atoms with van der Waals surface area (Å²) >= 11 is 0. The molecule has 28 heteroatoms. The van der Waals surface area contributed by atoms with Gasteiger partial charge in [-0.25, -0.2) is 9.69 Å². The van der Waals surface area contributed by atoms with Gasteiger partial charge in [0.15, 0.2) is 29.2 Å². The van der Waals surface area contributed by atoms with Crippen molar-refractivity contribution in [3.8, 4) is 23.0 Å². The van der Waals surface area contributed by atoms with Gasteiger partial charge in [0, 0.05) is 73.5 Å². The van der Waals surface area contributed by atoms with Crippen molar-refractivity contribution >= 4 is 93.1 Å². The van der Waals surface area contributed by atoms with Gasteiger partial charge < -0.3 is 80.8 Å². The maximum Gasteiger partial charge on any atom is 0.416 e. The van der Waals surface area contributed by atoms with Crippen LogP contribution in [0.3, 0.4) is 0 Å². The summed E-state index contributed by atoms with van der Waals surface area (Å²) in [5, 5.41) is 30.7. The maximum atomic E-state index is 14.5. The van der Waals surface area contributed by atoms with E-state index in [2.05, 4.69) is 61.7 Å². The molecule has 1 saturated heterocycles. The van der Waals surface area contributed by atoms with E-state index in [0.717, 1.165) is 57.0 Å². The summed E-state index contributed by atoms with van der Waals surface area (Å²) in [7, 11) is 2.95. The molecule has 13 rings (SSSR count). The van der Waals surface area contributed by atoms with E-state index in [4.69, 9.17) is 23.7 Å². The minimum atomic E-state index is -1.50. The van der Waals surface area contributed by atoms with E-state index in [1.165, 1.54) is 33.3 Å². The number of carbonyl (C=O) groups excluding carboxylic acids is 9. The van der Waals surface area contributed by atoms with Gasteiger partial charge in [-0.3, -0.25) is 43.4 Å². The Labute approximate surface area is 619 Å². The zero-order valence-electron chi connectivity index (χ0n) is 60.7. The van der Waals surface area contributed by atoms with Gasteiger partial charge >= 0.3 is 6.09 Å². The summed E-state index contributed by atoms with van der Waals surface area (Å²) in [6.07, 6.45) is 2.46. The predicted octanol–water partition coefficient (Wildman–Crippen LogP) is 7.41. The minimum Gasteiger partial charge on any atom is -0.493 e. The molecule has 6 heterocycles. The first kappa shape index (κ1) is 73.7. The Morgan fingerprint density at radius 3 is 2.07 bits per heavy atom. The monoisotopic (exact) mass is 1460 g/mol. The molecule has 6 aromatic carbocycles. The van der Waals surface area contributed by atoms with E-state index in [9.17, 15) is 48.3 Å². The average Bonchev–Trinajstić information content (AvgIpc) is 1.53. The molecule has 7 aliphatic rings. The lowest BCUT2D eigenvalue weighted by Gasteiger charge is -2.31. The van der Waals surface area contributed by atoms with Gasteiger partial charge in [-0.2, -0.15) is 0 Å². The van der Waals surface area contributed by atoms with E-state index in [0.29, 0.717) is 72.0 Å². The zero-order valence-corrected chi connectivity index (χ0v) is 60.7. The fourth-order valence-corrected chi connectivity index (χ4v) is 14.5. The smallest absolute Gasteiger partial charge is 0.416 e.